The van der Waals surface area contributed by atoms with Crippen LogP contribution in [0.1, 0.15) is 23.7 Å². The Morgan fingerprint density at radius 2 is 1.65 bits per heavy atom. The molecular formula is C21H27N3O2. The highest BCUT2D eigenvalue weighted by Gasteiger charge is 2.19. The Morgan fingerprint density at radius 1 is 1.00 bits per heavy atom. The Bertz CT molecular complexity index is 769. The van der Waals surface area contributed by atoms with E-state index in [9.17, 15) is 9.59 Å². The molecule has 0 saturated heterocycles. The summed E-state index contributed by atoms with van der Waals surface area (Å²) in [6.45, 7) is 1.87. The topological polar surface area (TPSA) is 52.7 Å². The fourth-order valence-electron chi connectivity index (χ4n) is 2.68. The molecule has 0 aromatic heterocycles. The third kappa shape index (κ3) is 4.63. The van der Waals surface area contributed by atoms with Gasteiger partial charge < -0.3 is 15.1 Å². The number of benzene rings is 2. The van der Waals surface area contributed by atoms with E-state index < -0.39 is 0 Å². The van der Waals surface area contributed by atoms with Gasteiger partial charge in [-0.25, -0.2) is 0 Å². The molecule has 0 saturated carbocycles. The maximum atomic E-state index is 12.6. The Labute approximate surface area is 155 Å². The summed E-state index contributed by atoms with van der Waals surface area (Å²) in [6.07, 6.45) is 0.286. The van der Waals surface area contributed by atoms with Gasteiger partial charge in [0.25, 0.3) is 5.91 Å². The van der Waals surface area contributed by atoms with Crippen LogP contribution in [0.2, 0.25) is 0 Å². The van der Waals surface area contributed by atoms with Crippen molar-refractivity contribution >= 4 is 17.5 Å². The average molecular weight is 353 g/mol. The van der Waals surface area contributed by atoms with E-state index in [4.69, 9.17) is 0 Å². The number of rotatable bonds is 6. The lowest BCUT2D eigenvalue weighted by Gasteiger charge is -2.24. The summed E-state index contributed by atoms with van der Waals surface area (Å²) in [5.74, 6) is -0.164. The lowest BCUT2D eigenvalue weighted by atomic mass is 10.0. The molecular weight excluding hydrogens is 326 g/mol. The van der Waals surface area contributed by atoms with Crippen LogP contribution in [-0.2, 0) is 4.79 Å². The average Bonchev–Trinajstić information content (AvgIpc) is 2.66. The fraction of sp³-hybridized carbons (Fsp3) is 0.333. The van der Waals surface area contributed by atoms with Crippen molar-refractivity contribution in [1.82, 2.24) is 10.2 Å². The molecule has 5 heteroatoms. The van der Waals surface area contributed by atoms with Crippen molar-refractivity contribution in [3.05, 3.63) is 54.1 Å². The van der Waals surface area contributed by atoms with Crippen LogP contribution < -0.4 is 10.2 Å². The van der Waals surface area contributed by atoms with Gasteiger partial charge in [-0.05, 0) is 42.3 Å². The predicted molar refractivity (Wildman–Crippen MR) is 106 cm³/mol. The van der Waals surface area contributed by atoms with E-state index in [1.54, 1.807) is 19.0 Å². The molecule has 1 unspecified atom stereocenters. The summed E-state index contributed by atoms with van der Waals surface area (Å²) in [5.41, 5.74) is 3.91. The fourth-order valence-corrected chi connectivity index (χ4v) is 2.68. The Hall–Kier alpha value is -2.82. The monoisotopic (exact) mass is 353 g/mol. The van der Waals surface area contributed by atoms with E-state index in [-0.39, 0.29) is 24.3 Å². The number of nitrogens with one attached hydrogen (secondary N) is 1. The zero-order valence-electron chi connectivity index (χ0n) is 16.1. The number of carbonyl (C=O) groups excluding carboxylic acids is 2. The molecule has 2 aromatic carbocycles. The number of hydrogen-bond acceptors (Lipinski definition) is 3. The van der Waals surface area contributed by atoms with Crippen molar-refractivity contribution in [3.8, 4) is 11.1 Å². The van der Waals surface area contributed by atoms with E-state index in [0.717, 1.165) is 16.8 Å². The highest BCUT2D eigenvalue weighted by Crippen LogP contribution is 2.24. The second-order valence-corrected chi connectivity index (χ2v) is 6.66. The normalized spacial score (nSPS) is 11.6. The molecule has 26 heavy (non-hydrogen) atoms. The van der Waals surface area contributed by atoms with Gasteiger partial charge in [0.1, 0.15) is 0 Å². The van der Waals surface area contributed by atoms with Gasteiger partial charge in [-0.1, -0.05) is 24.3 Å². The van der Waals surface area contributed by atoms with Gasteiger partial charge in [0.05, 0.1) is 0 Å². The second kappa shape index (κ2) is 8.52. The molecule has 138 valence electrons. The highest BCUT2D eigenvalue weighted by atomic mass is 16.2. The summed E-state index contributed by atoms with van der Waals surface area (Å²) in [7, 11) is 7.35. The summed E-state index contributed by atoms with van der Waals surface area (Å²) in [4.78, 5) is 27.8. The summed E-state index contributed by atoms with van der Waals surface area (Å²) in [5, 5.41) is 2.59. The molecule has 2 rings (SSSR count). The SMILES string of the molecule is CNC(=O)CC(C)N(C)C(=O)c1ccc(-c2cccc(N(C)C)c2)cc1. The van der Waals surface area contributed by atoms with Crippen LogP contribution in [0.5, 0.6) is 0 Å². The Kier molecular flexibility index (Phi) is 6.39. The number of anilines is 1. The van der Waals surface area contributed by atoms with E-state index >= 15 is 0 Å². The maximum Gasteiger partial charge on any atom is 0.253 e. The minimum absolute atomic E-state index is 0.0757. The number of hydrogen-bond donors (Lipinski definition) is 1. The molecule has 0 fully saturated rings. The number of amides is 2. The molecule has 0 bridgehead atoms. The molecule has 0 aliphatic carbocycles. The first-order valence-corrected chi connectivity index (χ1v) is 8.69. The third-order valence-electron chi connectivity index (χ3n) is 4.57. The highest BCUT2D eigenvalue weighted by molar-refractivity contribution is 5.95. The lowest BCUT2D eigenvalue weighted by Crippen LogP contribution is -2.38. The van der Waals surface area contributed by atoms with Crippen LogP contribution in [0.15, 0.2) is 48.5 Å². The van der Waals surface area contributed by atoms with Crippen LogP contribution in [0.3, 0.4) is 0 Å². The van der Waals surface area contributed by atoms with Gasteiger partial charge in [-0.3, -0.25) is 9.59 Å². The third-order valence-corrected chi connectivity index (χ3v) is 4.57. The van der Waals surface area contributed by atoms with Crippen molar-refractivity contribution in [3.63, 3.8) is 0 Å². The van der Waals surface area contributed by atoms with Gasteiger partial charge in [-0.15, -0.1) is 0 Å². The molecule has 0 spiro atoms. The molecule has 0 aliphatic heterocycles. The quantitative estimate of drug-likeness (QED) is 0.868. The molecule has 1 atom stereocenters. The van der Waals surface area contributed by atoms with Gasteiger partial charge >= 0.3 is 0 Å². The van der Waals surface area contributed by atoms with Crippen molar-refractivity contribution in [2.75, 3.05) is 33.1 Å². The van der Waals surface area contributed by atoms with E-state index in [1.165, 1.54) is 0 Å². The number of nitrogens with zero attached hydrogens (tertiary/aromatic N) is 2. The van der Waals surface area contributed by atoms with Crippen LogP contribution >= 0.6 is 0 Å². The van der Waals surface area contributed by atoms with Crippen molar-refractivity contribution in [2.45, 2.75) is 19.4 Å². The molecule has 1 N–H and O–H groups in total. The lowest BCUT2D eigenvalue weighted by molar-refractivity contribution is -0.121. The molecule has 2 amide bonds. The van der Waals surface area contributed by atoms with E-state index in [0.29, 0.717) is 5.56 Å². The summed E-state index contributed by atoms with van der Waals surface area (Å²) < 4.78 is 0. The maximum absolute atomic E-state index is 12.6. The van der Waals surface area contributed by atoms with Crippen LogP contribution in [0.25, 0.3) is 11.1 Å². The van der Waals surface area contributed by atoms with Crippen LogP contribution in [-0.4, -0.2) is 50.9 Å². The van der Waals surface area contributed by atoms with Crippen molar-refractivity contribution in [1.29, 1.82) is 0 Å². The van der Waals surface area contributed by atoms with Crippen molar-refractivity contribution in [2.24, 2.45) is 0 Å². The van der Waals surface area contributed by atoms with Gasteiger partial charge in [0.15, 0.2) is 0 Å². The van der Waals surface area contributed by atoms with Crippen molar-refractivity contribution < 1.29 is 9.59 Å². The summed E-state index contributed by atoms with van der Waals surface area (Å²) in [6, 6.07) is 15.7. The first-order chi connectivity index (χ1) is 12.3. The second-order valence-electron chi connectivity index (χ2n) is 6.66. The molecule has 0 aliphatic rings. The molecule has 5 nitrogen and oxygen atoms in total. The van der Waals surface area contributed by atoms with E-state index in [2.05, 4.69) is 28.4 Å². The molecule has 0 heterocycles. The minimum atomic E-state index is -0.168. The van der Waals surface area contributed by atoms with Gasteiger partial charge in [0.2, 0.25) is 5.91 Å². The van der Waals surface area contributed by atoms with E-state index in [1.807, 2.05) is 51.4 Å². The Balaban J connectivity index is 2.14. The van der Waals surface area contributed by atoms with Gasteiger partial charge in [0, 0.05) is 51.9 Å². The first kappa shape index (κ1) is 19.5. The minimum Gasteiger partial charge on any atom is -0.378 e. The summed E-state index contributed by atoms with van der Waals surface area (Å²) >= 11 is 0. The zero-order chi connectivity index (χ0) is 19.3. The first-order valence-electron chi connectivity index (χ1n) is 8.69. The number of carbonyl (C=O) groups is 2. The van der Waals surface area contributed by atoms with Gasteiger partial charge in [-0.2, -0.15) is 0 Å². The largest absolute Gasteiger partial charge is 0.378 e. The Morgan fingerprint density at radius 3 is 2.23 bits per heavy atom. The van der Waals surface area contributed by atoms with Crippen LogP contribution in [0.4, 0.5) is 5.69 Å². The predicted octanol–water partition coefficient (Wildman–Crippen LogP) is 3.02. The zero-order valence-corrected chi connectivity index (χ0v) is 16.1. The smallest absolute Gasteiger partial charge is 0.253 e. The molecule has 0 radical (unpaired) electrons. The standard InChI is InChI=1S/C21H27N3O2/c1-15(13-20(25)22-2)24(5)21(26)17-11-9-16(10-12-17)18-7-6-8-19(14-18)23(3)4/h6-12,14-15H,13H2,1-5H3,(H,22,25). The van der Waals surface area contributed by atoms with Crippen LogP contribution in [0, 0.1) is 0 Å². The molecule has 2 aromatic rings.